The lowest BCUT2D eigenvalue weighted by Gasteiger charge is -2.11. The van der Waals surface area contributed by atoms with Crippen molar-refractivity contribution in [3.63, 3.8) is 0 Å². The molecule has 7 nitrogen and oxygen atoms in total. The van der Waals surface area contributed by atoms with E-state index in [-0.39, 0.29) is 22.8 Å². The van der Waals surface area contributed by atoms with Crippen molar-refractivity contribution in [3.8, 4) is 0 Å². The van der Waals surface area contributed by atoms with E-state index < -0.39 is 4.92 Å². The van der Waals surface area contributed by atoms with E-state index in [4.69, 9.17) is 0 Å². The Morgan fingerprint density at radius 1 is 1.48 bits per heavy atom. The lowest BCUT2D eigenvalue weighted by atomic mass is 10.1. The minimum Gasteiger partial charge on any atom is -0.379 e. The van der Waals surface area contributed by atoms with Crippen LogP contribution < -0.4 is 10.6 Å². The van der Waals surface area contributed by atoms with E-state index >= 15 is 0 Å². The van der Waals surface area contributed by atoms with E-state index in [1.165, 1.54) is 23.5 Å². The molecule has 1 aromatic heterocycles. The van der Waals surface area contributed by atoms with Gasteiger partial charge in [0.15, 0.2) is 0 Å². The Balaban J connectivity index is 2.23. The predicted octanol–water partition coefficient (Wildman–Crippen LogP) is 2.41. The maximum Gasteiger partial charge on any atom is 0.293 e. The number of benzene rings is 1. The van der Waals surface area contributed by atoms with Gasteiger partial charge in [-0.2, -0.15) is 0 Å². The molecule has 0 saturated carbocycles. The second kappa shape index (κ2) is 6.80. The molecule has 0 atom stereocenters. The number of nitrogens with one attached hydrogen (secondary N) is 2. The van der Waals surface area contributed by atoms with Crippen LogP contribution in [0.15, 0.2) is 29.9 Å². The molecule has 1 amide bonds. The third kappa shape index (κ3) is 3.54. The first-order valence-corrected chi connectivity index (χ1v) is 7.18. The Bertz CT molecular complexity index is 643. The highest BCUT2D eigenvalue weighted by Crippen LogP contribution is 2.28. The largest absolute Gasteiger partial charge is 0.379 e. The summed E-state index contributed by atoms with van der Waals surface area (Å²) in [5, 5.41) is 16.7. The van der Waals surface area contributed by atoms with Gasteiger partial charge in [0.2, 0.25) is 0 Å². The minimum atomic E-state index is -0.502. The van der Waals surface area contributed by atoms with Crippen LogP contribution in [0.2, 0.25) is 0 Å². The molecule has 0 aliphatic carbocycles. The first kappa shape index (κ1) is 14.9. The van der Waals surface area contributed by atoms with E-state index in [2.05, 4.69) is 15.6 Å². The Morgan fingerprint density at radius 3 is 2.90 bits per heavy atom. The highest BCUT2D eigenvalue weighted by molar-refractivity contribution is 7.09. The summed E-state index contributed by atoms with van der Waals surface area (Å²) >= 11 is 1.43. The van der Waals surface area contributed by atoms with Gasteiger partial charge in [0, 0.05) is 23.7 Å². The highest BCUT2D eigenvalue weighted by atomic mass is 32.1. The molecule has 0 aliphatic rings. The summed E-state index contributed by atoms with van der Waals surface area (Å²) < 4.78 is 0. The molecule has 2 rings (SSSR count). The van der Waals surface area contributed by atoms with Gasteiger partial charge in [-0.05, 0) is 13.0 Å². The fourth-order valence-corrected chi connectivity index (χ4v) is 2.37. The van der Waals surface area contributed by atoms with Crippen molar-refractivity contribution in [1.82, 2.24) is 10.3 Å². The zero-order valence-electron chi connectivity index (χ0n) is 11.3. The number of para-hydroxylation sites is 1. The predicted molar refractivity (Wildman–Crippen MR) is 80.5 cm³/mol. The number of anilines is 1. The minimum absolute atomic E-state index is 0.109. The molecule has 1 aromatic carbocycles. The summed E-state index contributed by atoms with van der Waals surface area (Å²) in [4.78, 5) is 27.6. The summed E-state index contributed by atoms with van der Waals surface area (Å²) in [5.74, 6) is -0.358. The number of rotatable bonds is 6. The molecular weight excluding hydrogens is 292 g/mol. The van der Waals surface area contributed by atoms with Crippen LogP contribution in [0.5, 0.6) is 0 Å². The van der Waals surface area contributed by atoms with Crippen molar-refractivity contribution in [2.75, 3.05) is 11.9 Å². The van der Waals surface area contributed by atoms with Crippen LogP contribution in [0.25, 0.3) is 0 Å². The molecular formula is C13H14N4O3S. The van der Waals surface area contributed by atoms with E-state index in [0.29, 0.717) is 13.1 Å². The van der Waals surface area contributed by atoms with Gasteiger partial charge in [0.1, 0.15) is 5.69 Å². The molecule has 2 aromatic rings. The average molecular weight is 306 g/mol. The summed E-state index contributed by atoms with van der Waals surface area (Å²) in [6.07, 6.45) is 1.67. The van der Waals surface area contributed by atoms with Crippen LogP contribution in [0.4, 0.5) is 11.4 Å². The number of nitro groups is 1. The number of thiazole rings is 1. The summed E-state index contributed by atoms with van der Waals surface area (Å²) in [7, 11) is 0. The van der Waals surface area contributed by atoms with E-state index in [1.807, 2.05) is 6.92 Å². The van der Waals surface area contributed by atoms with Gasteiger partial charge in [0.05, 0.1) is 22.5 Å². The fraction of sp³-hybridized carbons (Fsp3) is 0.231. The zero-order chi connectivity index (χ0) is 15.2. The van der Waals surface area contributed by atoms with Crippen molar-refractivity contribution >= 4 is 28.6 Å². The molecule has 0 bridgehead atoms. The summed E-state index contributed by atoms with van der Waals surface area (Å²) in [6, 6.07) is 4.44. The van der Waals surface area contributed by atoms with Crippen LogP contribution in [0.3, 0.4) is 0 Å². The maximum absolute atomic E-state index is 12.2. The first-order valence-electron chi connectivity index (χ1n) is 6.30. The third-order valence-corrected chi connectivity index (χ3v) is 3.52. The zero-order valence-corrected chi connectivity index (χ0v) is 12.1. The van der Waals surface area contributed by atoms with E-state index in [0.717, 1.165) is 4.88 Å². The second-order valence-electron chi connectivity index (χ2n) is 4.14. The van der Waals surface area contributed by atoms with Crippen LogP contribution in [0.1, 0.15) is 22.2 Å². The van der Waals surface area contributed by atoms with Crippen molar-refractivity contribution in [2.24, 2.45) is 0 Å². The molecule has 110 valence electrons. The van der Waals surface area contributed by atoms with Crippen molar-refractivity contribution in [3.05, 3.63) is 50.5 Å². The highest BCUT2D eigenvalue weighted by Gasteiger charge is 2.20. The molecule has 0 radical (unpaired) electrons. The molecule has 0 aliphatic heterocycles. The molecule has 0 saturated heterocycles. The number of carbonyl (C=O) groups is 1. The van der Waals surface area contributed by atoms with E-state index in [9.17, 15) is 14.9 Å². The Kier molecular flexibility index (Phi) is 4.83. The Labute approximate surface area is 125 Å². The number of hydrogen-bond donors (Lipinski definition) is 2. The van der Waals surface area contributed by atoms with Crippen molar-refractivity contribution < 1.29 is 9.72 Å². The average Bonchev–Trinajstić information content (AvgIpc) is 2.98. The summed E-state index contributed by atoms with van der Waals surface area (Å²) in [6.45, 7) is 2.65. The number of aromatic nitrogens is 1. The van der Waals surface area contributed by atoms with Crippen molar-refractivity contribution in [2.45, 2.75) is 13.5 Å². The standard InChI is InChI=1S/C13H14N4O3S/c1-2-15-12-10(4-3-5-11(12)17(19)20)13(18)16-7-9-6-14-8-21-9/h3-6,8,15H,2,7H2,1H3,(H,16,18). The Morgan fingerprint density at radius 2 is 2.29 bits per heavy atom. The van der Waals surface area contributed by atoms with E-state index in [1.54, 1.807) is 17.8 Å². The fourth-order valence-electron chi connectivity index (χ4n) is 1.84. The topological polar surface area (TPSA) is 97.2 Å². The normalized spacial score (nSPS) is 10.1. The maximum atomic E-state index is 12.2. The van der Waals surface area contributed by atoms with Gasteiger partial charge < -0.3 is 10.6 Å². The van der Waals surface area contributed by atoms with Gasteiger partial charge in [-0.15, -0.1) is 11.3 Å². The van der Waals surface area contributed by atoms with Gasteiger partial charge >= 0.3 is 0 Å². The van der Waals surface area contributed by atoms with Crippen LogP contribution >= 0.6 is 11.3 Å². The lowest BCUT2D eigenvalue weighted by molar-refractivity contribution is -0.384. The van der Waals surface area contributed by atoms with Gasteiger partial charge in [0.25, 0.3) is 11.6 Å². The number of nitrogens with zero attached hydrogens (tertiary/aromatic N) is 2. The van der Waals surface area contributed by atoms with Gasteiger partial charge in [-0.25, -0.2) is 0 Å². The monoisotopic (exact) mass is 306 g/mol. The Hall–Kier alpha value is -2.48. The second-order valence-corrected chi connectivity index (χ2v) is 5.11. The molecule has 21 heavy (non-hydrogen) atoms. The van der Waals surface area contributed by atoms with Gasteiger partial charge in [-0.3, -0.25) is 19.9 Å². The smallest absolute Gasteiger partial charge is 0.293 e. The molecule has 0 spiro atoms. The van der Waals surface area contributed by atoms with Gasteiger partial charge in [-0.1, -0.05) is 6.07 Å². The van der Waals surface area contributed by atoms with Crippen LogP contribution in [0, 0.1) is 10.1 Å². The SMILES string of the molecule is CCNc1c(C(=O)NCc2cncs2)cccc1[N+](=O)[O-]. The molecule has 8 heteroatoms. The number of carbonyl (C=O) groups excluding carboxylic acids is 1. The lowest BCUT2D eigenvalue weighted by Crippen LogP contribution is -2.24. The van der Waals surface area contributed by atoms with Crippen LogP contribution in [-0.4, -0.2) is 22.4 Å². The first-order chi connectivity index (χ1) is 10.1. The van der Waals surface area contributed by atoms with Crippen molar-refractivity contribution in [1.29, 1.82) is 0 Å². The third-order valence-electron chi connectivity index (χ3n) is 2.74. The van der Waals surface area contributed by atoms with Crippen LogP contribution in [-0.2, 0) is 6.54 Å². The quantitative estimate of drug-likeness (QED) is 0.631. The molecule has 0 unspecified atom stereocenters. The molecule has 2 N–H and O–H groups in total. The number of amides is 1. The molecule has 0 fully saturated rings. The summed E-state index contributed by atoms with van der Waals surface area (Å²) in [5.41, 5.74) is 2.07. The number of hydrogen-bond acceptors (Lipinski definition) is 6. The molecule has 1 heterocycles. The number of nitro benzene ring substituents is 1.